The molecule has 2 amide bonds. The first-order valence-electron chi connectivity index (χ1n) is 3.74. The van der Waals surface area contributed by atoms with Gasteiger partial charge in [-0.3, -0.25) is 5.32 Å². The highest BCUT2D eigenvalue weighted by Gasteiger charge is 2.05. The van der Waals surface area contributed by atoms with E-state index in [0.717, 1.165) is 4.34 Å². The van der Waals surface area contributed by atoms with Crippen LogP contribution in [0.5, 0.6) is 0 Å². The van der Waals surface area contributed by atoms with Crippen molar-refractivity contribution in [1.82, 2.24) is 15.5 Å². The molecule has 0 fully saturated rings. The van der Waals surface area contributed by atoms with E-state index in [1.807, 2.05) is 6.26 Å². The van der Waals surface area contributed by atoms with Crippen LogP contribution in [0.1, 0.15) is 0 Å². The number of carbonyl (C=O) groups excluding carboxylic acids is 1. The number of nitrogens with one attached hydrogen (secondary N) is 2. The highest BCUT2D eigenvalue weighted by Crippen LogP contribution is 2.22. The molecule has 0 saturated carbocycles. The molecule has 78 valence electrons. The molecular formula is C6H9ClN4OS2. The number of rotatable bonds is 4. The van der Waals surface area contributed by atoms with E-state index in [1.165, 1.54) is 23.1 Å². The van der Waals surface area contributed by atoms with E-state index in [9.17, 15) is 4.79 Å². The van der Waals surface area contributed by atoms with E-state index in [2.05, 4.69) is 20.8 Å². The molecule has 14 heavy (non-hydrogen) atoms. The minimum absolute atomic E-state index is 0.311. The molecule has 0 radical (unpaired) electrons. The summed E-state index contributed by atoms with van der Waals surface area (Å²) < 4.78 is 0.817. The van der Waals surface area contributed by atoms with Crippen LogP contribution in [0, 0.1) is 0 Å². The minimum Gasteiger partial charge on any atom is -0.337 e. The molecule has 1 aromatic heterocycles. The summed E-state index contributed by atoms with van der Waals surface area (Å²) in [5.41, 5.74) is 0. The molecule has 0 unspecified atom stereocenters. The Morgan fingerprint density at radius 3 is 3.00 bits per heavy atom. The molecule has 0 saturated heterocycles. The summed E-state index contributed by atoms with van der Waals surface area (Å²) in [6, 6.07) is -0.311. The van der Waals surface area contributed by atoms with Crippen molar-refractivity contribution in [2.24, 2.45) is 0 Å². The van der Waals surface area contributed by atoms with Crippen molar-refractivity contribution in [2.75, 3.05) is 24.0 Å². The quantitative estimate of drug-likeness (QED) is 0.486. The van der Waals surface area contributed by atoms with Crippen molar-refractivity contribution in [1.29, 1.82) is 0 Å². The standard InChI is InChI=1S/C6H9ClN4OS2/c1-13-6-11-10-5(14-6)9-4(12)8-3-2-7/h2-3H2,1H3,(H2,8,9,10,12). The van der Waals surface area contributed by atoms with Crippen LogP contribution >= 0.6 is 34.7 Å². The smallest absolute Gasteiger partial charge is 0.321 e. The Labute approximate surface area is 94.6 Å². The van der Waals surface area contributed by atoms with Crippen LogP contribution in [0.15, 0.2) is 4.34 Å². The number of aromatic nitrogens is 2. The Morgan fingerprint density at radius 1 is 1.64 bits per heavy atom. The lowest BCUT2D eigenvalue weighted by molar-refractivity contribution is 0.252. The average Bonchev–Trinajstić information content (AvgIpc) is 2.62. The molecule has 0 aliphatic rings. The van der Waals surface area contributed by atoms with Crippen molar-refractivity contribution in [2.45, 2.75) is 4.34 Å². The van der Waals surface area contributed by atoms with E-state index >= 15 is 0 Å². The fraction of sp³-hybridized carbons (Fsp3) is 0.500. The highest BCUT2D eigenvalue weighted by atomic mass is 35.5. The number of urea groups is 1. The van der Waals surface area contributed by atoms with Gasteiger partial charge in [-0.15, -0.1) is 21.8 Å². The molecule has 5 nitrogen and oxygen atoms in total. The molecule has 1 aromatic rings. The van der Waals surface area contributed by atoms with Crippen LogP contribution in [0.2, 0.25) is 0 Å². The van der Waals surface area contributed by atoms with Gasteiger partial charge in [0.2, 0.25) is 5.13 Å². The first kappa shape index (κ1) is 11.5. The van der Waals surface area contributed by atoms with Crippen LogP contribution in [-0.4, -0.2) is 34.9 Å². The van der Waals surface area contributed by atoms with Crippen LogP contribution in [0.4, 0.5) is 9.93 Å². The fourth-order valence-electron chi connectivity index (χ4n) is 0.645. The Bertz CT molecular complexity index is 306. The monoisotopic (exact) mass is 252 g/mol. The third-order valence-corrected chi connectivity index (χ3v) is 3.18. The number of nitrogens with zero attached hydrogens (tertiary/aromatic N) is 2. The Kier molecular flexibility index (Phi) is 4.99. The zero-order valence-corrected chi connectivity index (χ0v) is 9.80. The van der Waals surface area contributed by atoms with Crippen molar-refractivity contribution >= 4 is 45.9 Å². The lowest BCUT2D eigenvalue weighted by Crippen LogP contribution is -2.30. The topological polar surface area (TPSA) is 66.9 Å². The van der Waals surface area contributed by atoms with Crippen LogP contribution in [-0.2, 0) is 0 Å². The lowest BCUT2D eigenvalue weighted by atomic mass is 10.7. The normalized spacial score (nSPS) is 9.86. The second-order valence-corrected chi connectivity index (χ2v) is 4.56. The zero-order valence-electron chi connectivity index (χ0n) is 7.41. The Hall–Kier alpha value is -0.530. The van der Waals surface area contributed by atoms with Gasteiger partial charge in [0, 0.05) is 12.4 Å². The van der Waals surface area contributed by atoms with Gasteiger partial charge >= 0.3 is 6.03 Å². The summed E-state index contributed by atoms with van der Waals surface area (Å²) in [5.74, 6) is 0.388. The summed E-state index contributed by atoms with van der Waals surface area (Å²) in [6.07, 6.45) is 1.90. The number of hydrogen-bond acceptors (Lipinski definition) is 5. The summed E-state index contributed by atoms with van der Waals surface area (Å²) >= 11 is 8.22. The van der Waals surface area contributed by atoms with Gasteiger partial charge in [0.05, 0.1) is 0 Å². The van der Waals surface area contributed by atoms with Gasteiger partial charge in [-0.05, 0) is 6.26 Å². The lowest BCUT2D eigenvalue weighted by Gasteiger charge is -2.01. The maximum atomic E-state index is 11.1. The van der Waals surface area contributed by atoms with Gasteiger partial charge in [-0.2, -0.15) is 0 Å². The summed E-state index contributed by atoms with van der Waals surface area (Å²) in [4.78, 5) is 11.1. The Balaban J connectivity index is 2.39. The largest absolute Gasteiger partial charge is 0.337 e. The van der Waals surface area contributed by atoms with Gasteiger partial charge in [-0.25, -0.2) is 4.79 Å². The number of thioether (sulfide) groups is 1. The van der Waals surface area contributed by atoms with E-state index in [-0.39, 0.29) is 6.03 Å². The van der Waals surface area contributed by atoms with Crippen LogP contribution < -0.4 is 10.6 Å². The maximum Gasteiger partial charge on any atom is 0.321 e. The van der Waals surface area contributed by atoms with Gasteiger partial charge < -0.3 is 5.32 Å². The summed E-state index contributed by atoms with van der Waals surface area (Å²) in [6.45, 7) is 0.432. The highest BCUT2D eigenvalue weighted by molar-refractivity contribution is 8.00. The number of halogens is 1. The van der Waals surface area contributed by atoms with Gasteiger partial charge in [0.15, 0.2) is 4.34 Å². The summed E-state index contributed by atoms with van der Waals surface area (Å²) in [7, 11) is 0. The molecule has 8 heteroatoms. The molecule has 0 aliphatic heterocycles. The average molecular weight is 253 g/mol. The number of anilines is 1. The molecule has 1 rings (SSSR count). The molecule has 0 spiro atoms. The van der Waals surface area contributed by atoms with E-state index in [1.54, 1.807) is 0 Å². The third kappa shape index (κ3) is 3.69. The predicted molar refractivity (Wildman–Crippen MR) is 59.4 cm³/mol. The van der Waals surface area contributed by atoms with Gasteiger partial charge in [0.25, 0.3) is 0 Å². The first-order chi connectivity index (χ1) is 6.76. The van der Waals surface area contributed by atoms with Crippen molar-refractivity contribution < 1.29 is 4.79 Å². The van der Waals surface area contributed by atoms with E-state index in [4.69, 9.17) is 11.6 Å². The second-order valence-electron chi connectivity index (χ2n) is 2.15. The maximum absolute atomic E-state index is 11.1. The van der Waals surface area contributed by atoms with Crippen molar-refractivity contribution in [3.05, 3.63) is 0 Å². The van der Waals surface area contributed by atoms with Gasteiger partial charge in [-0.1, -0.05) is 23.1 Å². The molecule has 0 aliphatic carbocycles. The number of hydrogen-bond donors (Lipinski definition) is 2. The molecular weight excluding hydrogens is 244 g/mol. The van der Waals surface area contributed by atoms with Crippen molar-refractivity contribution in [3.8, 4) is 0 Å². The molecule has 0 atom stereocenters. The molecule has 2 N–H and O–H groups in total. The fourth-order valence-corrected chi connectivity index (χ4v) is 1.90. The number of amides is 2. The van der Waals surface area contributed by atoms with Gasteiger partial charge in [0.1, 0.15) is 0 Å². The second kappa shape index (κ2) is 6.05. The minimum atomic E-state index is -0.311. The Morgan fingerprint density at radius 2 is 2.43 bits per heavy atom. The third-order valence-electron chi connectivity index (χ3n) is 1.18. The first-order valence-corrected chi connectivity index (χ1v) is 6.32. The molecule has 1 heterocycles. The molecule has 0 aromatic carbocycles. The SMILES string of the molecule is CSc1nnc(NC(=O)NCCCl)s1. The van der Waals surface area contributed by atoms with E-state index < -0.39 is 0 Å². The number of carbonyl (C=O) groups is 1. The van der Waals surface area contributed by atoms with Crippen LogP contribution in [0.3, 0.4) is 0 Å². The van der Waals surface area contributed by atoms with Crippen molar-refractivity contribution in [3.63, 3.8) is 0 Å². The molecule has 0 bridgehead atoms. The predicted octanol–water partition coefficient (Wildman–Crippen LogP) is 1.62. The summed E-state index contributed by atoms with van der Waals surface area (Å²) in [5, 5.41) is 13.2. The van der Waals surface area contributed by atoms with E-state index in [0.29, 0.717) is 17.6 Å². The van der Waals surface area contributed by atoms with Crippen LogP contribution in [0.25, 0.3) is 0 Å². The zero-order chi connectivity index (χ0) is 10.4. The number of alkyl halides is 1.